The van der Waals surface area contributed by atoms with Gasteiger partial charge in [-0.2, -0.15) is 0 Å². The topological polar surface area (TPSA) is 46.5 Å². The van der Waals surface area contributed by atoms with Gasteiger partial charge in [0.05, 0.1) is 0 Å². The van der Waals surface area contributed by atoms with Crippen LogP contribution >= 0.6 is 0 Å². The average molecular weight is 368 g/mol. The summed E-state index contributed by atoms with van der Waals surface area (Å²) in [5, 5.41) is 10.9. The molecule has 3 heteroatoms. The van der Waals surface area contributed by atoms with Gasteiger partial charge in [-0.05, 0) is 24.0 Å². The highest BCUT2D eigenvalue weighted by Gasteiger charge is 2.49. The molecule has 0 saturated heterocycles. The maximum Gasteiger partial charge on any atom is 0.203 e. The van der Waals surface area contributed by atoms with Crippen molar-refractivity contribution in [3.8, 4) is 5.75 Å². The van der Waals surface area contributed by atoms with E-state index in [1.54, 1.807) is 0 Å². The van der Waals surface area contributed by atoms with Crippen LogP contribution in [-0.4, -0.2) is 17.0 Å². The molecule has 1 aliphatic carbocycles. The Morgan fingerprint density at radius 3 is 2.25 bits per heavy atom. The Kier molecular flexibility index (Phi) is 4.01. The second-order valence-electron chi connectivity index (χ2n) is 7.38. The second kappa shape index (κ2) is 6.68. The fourth-order valence-electron chi connectivity index (χ4n) is 4.51. The second-order valence-corrected chi connectivity index (χ2v) is 7.38. The third kappa shape index (κ3) is 2.63. The summed E-state index contributed by atoms with van der Waals surface area (Å²) < 4.78 is 6.10. The molecule has 28 heavy (non-hydrogen) atoms. The van der Waals surface area contributed by atoms with Crippen LogP contribution in [0.1, 0.15) is 34.9 Å². The summed E-state index contributed by atoms with van der Waals surface area (Å²) in [6.45, 7) is 0. The van der Waals surface area contributed by atoms with Crippen molar-refractivity contribution in [2.45, 2.75) is 24.4 Å². The SMILES string of the molecule is O=C1/C(=C(/O)c2ccccc2)C[C@@H](c2ccccc2)[C@@H]2c3ccccc3O[C@H]12. The third-order valence-corrected chi connectivity index (χ3v) is 5.83. The van der Waals surface area contributed by atoms with E-state index in [-0.39, 0.29) is 23.4 Å². The molecule has 1 fully saturated rings. The summed E-state index contributed by atoms with van der Waals surface area (Å²) in [5.74, 6) is 0.735. The Morgan fingerprint density at radius 2 is 1.50 bits per heavy atom. The predicted molar refractivity (Wildman–Crippen MR) is 108 cm³/mol. The Morgan fingerprint density at radius 1 is 0.857 bits per heavy atom. The number of carbonyl (C=O) groups is 1. The van der Waals surface area contributed by atoms with Crippen LogP contribution in [0.2, 0.25) is 0 Å². The third-order valence-electron chi connectivity index (χ3n) is 5.83. The van der Waals surface area contributed by atoms with Crippen molar-refractivity contribution in [2.75, 3.05) is 0 Å². The summed E-state index contributed by atoms with van der Waals surface area (Å²) in [6, 6.07) is 27.4. The van der Waals surface area contributed by atoms with Crippen molar-refractivity contribution in [1.29, 1.82) is 0 Å². The zero-order valence-corrected chi connectivity index (χ0v) is 15.3. The van der Waals surface area contributed by atoms with Gasteiger partial charge in [0.15, 0.2) is 6.10 Å². The Labute approximate surface area is 163 Å². The van der Waals surface area contributed by atoms with Gasteiger partial charge in [-0.1, -0.05) is 78.9 Å². The Balaban J connectivity index is 1.65. The number of aliphatic hydroxyl groups excluding tert-OH is 1. The number of ketones is 1. The van der Waals surface area contributed by atoms with Gasteiger partial charge in [0.25, 0.3) is 0 Å². The summed E-state index contributed by atoms with van der Waals surface area (Å²) in [7, 11) is 0. The van der Waals surface area contributed by atoms with Crippen molar-refractivity contribution >= 4 is 11.5 Å². The van der Waals surface area contributed by atoms with Crippen LogP contribution < -0.4 is 4.74 Å². The quantitative estimate of drug-likeness (QED) is 0.496. The molecule has 0 unspecified atom stereocenters. The van der Waals surface area contributed by atoms with Gasteiger partial charge in [-0.3, -0.25) is 4.79 Å². The molecule has 3 nitrogen and oxygen atoms in total. The molecular formula is C25H20O3. The molecule has 1 saturated carbocycles. The summed E-state index contributed by atoms with van der Waals surface area (Å²) >= 11 is 0. The number of para-hydroxylation sites is 1. The van der Waals surface area contributed by atoms with E-state index >= 15 is 0 Å². The van der Waals surface area contributed by atoms with Crippen LogP contribution in [0, 0.1) is 0 Å². The van der Waals surface area contributed by atoms with E-state index in [0.29, 0.717) is 17.6 Å². The van der Waals surface area contributed by atoms with Gasteiger partial charge < -0.3 is 9.84 Å². The fraction of sp³-hybridized carbons (Fsp3) is 0.160. The maximum atomic E-state index is 13.3. The molecule has 0 radical (unpaired) electrons. The number of hydrogen-bond donors (Lipinski definition) is 1. The normalized spacial score (nSPS) is 24.9. The van der Waals surface area contributed by atoms with Crippen LogP contribution in [0.3, 0.4) is 0 Å². The minimum absolute atomic E-state index is 0.0431. The van der Waals surface area contributed by atoms with Crippen molar-refractivity contribution < 1.29 is 14.6 Å². The molecule has 0 amide bonds. The van der Waals surface area contributed by atoms with Gasteiger partial charge in [0, 0.05) is 22.6 Å². The fourth-order valence-corrected chi connectivity index (χ4v) is 4.51. The van der Waals surface area contributed by atoms with E-state index in [4.69, 9.17) is 4.74 Å². The highest BCUT2D eigenvalue weighted by Crippen LogP contribution is 2.52. The van der Waals surface area contributed by atoms with Crippen molar-refractivity contribution in [2.24, 2.45) is 0 Å². The highest BCUT2D eigenvalue weighted by molar-refractivity contribution is 6.06. The maximum absolute atomic E-state index is 13.3. The molecule has 0 aromatic heterocycles. The van der Waals surface area contributed by atoms with Crippen molar-refractivity contribution in [3.63, 3.8) is 0 Å². The summed E-state index contributed by atoms with van der Waals surface area (Å²) in [6.07, 6.45) is -0.111. The molecule has 1 N–H and O–H groups in total. The minimum Gasteiger partial charge on any atom is -0.507 e. The Bertz CT molecular complexity index is 1050. The standard InChI is InChI=1S/C25H20O3/c26-23(17-11-5-2-6-12-17)20-15-19(16-9-3-1-4-10-16)22-18-13-7-8-14-21(18)28-25(22)24(20)27/h1-14,19,22,25-26H,15H2/b23-20+/t19-,22-,25-/m0/s1. The number of ether oxygens (including phenoxy) is 1. The number of hydrogen-bond acceptors (Lipinski definition) is 3. The number of Topliss-reactive ketones (excluding diaryl/α,β-unsaturated/α-hetero) is 1. The van der Waals surface area contributed by atoms with E-state index in [9.17, 15) is 9.90 Å². The van der Waals surface area contributed by atoms with Gasteiger partial charge in [0.1, 0.15) is 11.5 Å². The van der Waals surface area contributed by atoms with E-state index < -0.39 is 6.10 Å². The first-order valence-corrected chi connectivity index (χ1v) is 9.56. The lowest BCUT2D eigenvalue weighted by Gasteiger charge is -2.34. The number of aliphatic hydroxyl groups is 1. The molecule has 0 bridgehead atoms. The van der Waals surface area contributed by atoms with Crippen molar-refractivity contribution in [3.05, 3.63) is 107 Å². The molecule has 3 aromatic carbocycles. The van der Waals surface area contributed by atoms with Crippen molar-refractivity contribution in [1.82, 2.24) is 0 Å². The molecule has 2 aliphatic rings. The molecule has 0 spiro atoms. The molecule has 5 rings (SSSR count). The first-order chi connectivity index (χ1) is 13.7. The first kappa shape index (κ1) is 16.8. The lowest BCUT2D eigenvalue weighted by molar-refractivity contribution is -0.123. The van der Waals surface area contributed by atoms with Gasteiger partial charge in [0.2, 0.25) is 5.78 Å². The van der Waals surface area contributed by atoms with Crippen LogP contribution in [0.25, 0.3) is 5.76 Å². The van der Waals surface area contributed by atoms with Crippen LogP contribution in [0.4, 0.5) is 0 Å². The van der Waals surface area contributed by atoms with Gasteiger partial charge in [-0.25, -0.2) is 0 Å². The zero-order valence-electron chi connectivity index (χ0n) is 15.3. The predicted octanol–water partition coefficient (Wildman–Crippen LogP) is 5.26. The Hall–Kier alpha value is -3.33. The molecular weight excluding hydrogens is 348 g/mol. The van der Waals surface area contributed by atoms with E-state index in [0.717, 1.165) is 16.9 Å². The number of benzene rings is 3. The van der Waals surface area contributed by atoms with Crippen LogP contribution in [-0.2, 0) is 4.79 Å². The number of rotatable bonds is 2. The molecule has 1 heterocycles. The van der Waals surface area contributed by atoms with Gasteiger partial charge in [-0.15, -0.1) is 0 Å². The lowest BCUT2D eigenvalue weighted by atomic mass is 9.69. The molecule has 1 aliphatic heterocycles. The number of carbonyl (C=O) groups excluding carboxylic acids is 1. The zero-order chi connectivity index (χ0) is 19.1. The van der Waals surface area contributed by atoms with Crippen LogP contribution in [0.15, 0.2) is 90.5 Å². The van der Waals surface area contributed by atoms with E-state index in [2.05, 4.69) is 18.2 Å². The lowest BCUT2D eigenvalue weighted by Crippen LogP contribution is -2.39. The molecule has 138 valence electrons. The van der Waals surface area contributed by atoms with Gasteiger partial charge >= 0.3 is 0 Å². The minimum atomic E-state index is -0.600. The average Bonchev–Trinajstić information content (AvgIpc) is 3.15. The monoisotopic (exact) mass is 368 g/mol. The summed E-state index contributed by atoms with van der Waals surface area (Å²) in [5.41, 5.74) is 3.34. The smallest absolute Gasteiger partial charge is 0.203 e. The largest absolute Gasteiger partial charge is 0.507 e. The molecule has 3 atom stereocenters. The molecule has 3 aromatic rings. The van der Waals surface area contributed by atoms with E-state index in [1.807, 2.05) is 66.7 Å². The highest BCUT2D eigenvalue weighted by atomic mass is 16.5. The summed E-state index contributed by atoms with van der Waals surface area (Å²) in [4.78, 5) is 13.3. The van der Waals surface area contributed by atoms with Crippen LogP contribution in [0.5, 0.6) is 5.75 Å². The van der Waals surface area contributed by atoms with E-state index in [1.165, 1.54) is 0 Å². The number of fused-ring (bicyclic) bond motifs is 3. The first-order valence-electron chi connectivity index (χ1n) is 9.56.